The average molecular weight is 583 g/mol. The summed E-state index contributed by atoms with van der Waals surface area (Å²) in [5, 5.41) is 11.2. The Morgan fingerprint density at radius 1 is 0.738 bits per heavy atom. The summed E-state index contributed by atoms with van der Waals surface area (Å²) in [6.07, 6.45) is 1.99. The van der Waals surface area contributed by atoms with Gasteiger partial charge in [0.05, 0.1) is 69.2 Å². The molecule has 5 aliphatic rings. The zero-order valence-corrected chi connectivity index (χ0v) is 24.1. The van der Waals surface area contributed by atoms with Gasteiger partial charge in [-0.2, -0.15) is 0 Å². The van der Waals surface area contributed by atoms with Crippen LogP contribution in [0, 0.1) is 0 Å². The number of methoxy groups -OCH3 is 1. The number of fused-ring (bicyclic) bond motifs is 4. The van der Waals surface area contributed by atoms with Crippen molar-refractivity contribution in [3.8, 4) is 5.75 Å². The van der Waals surface area contributed by atoms with Crippen LogP contribution in [-0.4, -0.2) is 86.5 Å². The topological polar surface area (TPSA) is 94.1 Å². The molecule has 0 aromatic heterocycles. The number of ether oxygens (including phenoxy) is 8. The van der Waals surface area contributed by atoms with Gasteiger partial charge in [0, 0.05) is 31.4 Å². The van der Waals surface area contributed by atoms with Gasteiger partial charge in [-0.05, 0) is 37.0 Å². The molecule has 42 heavy (non-hydrogen) atoms. The summed E-state index contributed by atoms with van der Waals surface area (Å²) in [6.45, 7) is 1.68. The summed E-state index contributed by atoms with van der Waals surface area (Å²) >= 11 is 0. The van der Waals surface area contributed by atoms with Crippen molar-refractivity contribution in [2.24, 2.45) is 0 Å². The van der Waals surface area contributed by atoms with Crippen molar-refractivity contribution in [2.45, 2.75) is 112 Å². The van der Waals surface area contributed by atoms with Crippen LogP contribution in [0.1, 0.15) is 55.9 Å². The number of hydrogen-bond acceptors (Lipinski definition) is 9. The minimum atomic E-state index is -0.649. The molecule has 5 fully saturated rings. The van der Waals surface area contributed by atoms with Crippen LogP contribution in [0.5, 0.6) is 5.75 Å². The van der Waals surface area contributed by atoms with E-state index in [4.69, 9.17) is 37.9 Å². The van der Waals surface area contributed by atoms with Crippen LogP contribution < -0.4 is 4.74 Å². The van der Waals surface area contributed by atoms with E-state index in [9.17, 15) is 5.11 Å². The van der Waals surface area contributed by atoms with E-state index in [-0.39, 0.29) is 54.9 Å². The zero-order valence-electron chi connectivity index (χ0n) is 24.1. The van der Waals surface area contributed by atoms with Crippen molar-refractivity contribution in [3.63, 3.8) is 0 Å². The number of aliphatic hydroxyl groups is 1. The summed E-state index contributed by atoms with van der Waals surface area (Å²) in [4.78, 5) is 0. The smallest absolute Gasteiger partial charge is 0.184 e. The van der Waals surface area contributed by atoms with E-state index < -0.39 is 12.4 Å². The molecule has 0 saturated carbocycles. The largest absolute Gasteiger partial charge is 0.497 e. The van der Waals surface area contributed by atoms with Gasteiger partial charge in [-0.1, -0.05) is 42.5 Å². The van der Waals surface area contributed by atoms with Gasteiger partial charge >= 0.3 is 0 Å². The lowest BCUT2D eigenvalue weighted by Gasteiger charge is -2.42. The van der Waals surface area contributed by atoms with Crippen molar-refractivity contribution < 1.29 is 43.0 Å². The summed E-state index contributed by atoms with van der Waals surface area (Å²) in [5.74, 6) is 0.798. The molecule has 7 rings (SSSR count). The molecule has 0 aliphatic carbocycles. The summed E-state index contributed by atoms with van der Waals surface area (Å²) in [5.41, 5.74) is 2.12. The van der Waals surface area contributed by atoms with E-state index in [0.717, 1.165) is 37.0 Å². The Kier molecular flexibility index (Phi) is 8.79. The molecule has 0 bridgehead atoms. The first-order valence-electron chi connectivity index (χ1n) is 15.5. The standard InChI is InChI=1S/C33H42O9/c1-35-22-9-7-21(8-10-22)33-37-19-31-26(42-33)12-11-25-29(40-31)17-30-32(41-25)24(34)16-28-27(39-30)15-23(38-28)13-14-36-18-20-5-3-2-4-6-20/h2-10,23-34H,11-19H2,1H3/t23-,24-,25+,26-,27-,28+,29-,30+,31+,32-,33+/m0/s1. The maximum absolute atomic E-state index is 11.2. The van der Waals surface area contributed by atoms with Crippen molar-refractivity contribution in [2.75, 3.05) is 20.3 Å². The molecule has 0 radical (unpaired) electrons. The van der Waals surface area contributed by atoms with Gasteiger partial charge in [-0.3, -0.25) is 0 Å². The van der Waals surface area contributed by atoms with Crippen LogP contribution in [0.15, 0.2) is 54.6 Å². The van der Waals surface area contributed by atoms with Gasteiger partial charge in [0.1, 0.15) is 18.0 Å². The van der Waals surface area contributed by atoms with Gasteiger partial charge < -0.3 is 43.0 Å². The summed E-state index contributed by atoms with van der Waals surface area (Å²) < 4.78 is 49.8. The first kappa shape index (κ1) is 28.7. The molecule has 9 nitrogen and oxygen atoms in total. The maximum atomic E-state index is 11.2. The highest BCUT2D eigenvalue weighted by atomic mass is 16.7. The Morgan fingerprint density at radius 3 is 2.29 bits per heavy atom. The molecule has 11 atom stereocenters. The number of hydrogen-bond donors (Lipinski definition) is 1. The van der Waals surface area contributed by atoms with Gasteiger partial charge in [-0.15, -0.1) is 0 Å². The van der Waals surface area contributed by atoms with E-state index in [0.29, 0.717) is 32.7 Å². The van der Waals surface area contributed by atoms with Gasteiger partial charge in [0.25, 0.3) is 0 Å². The van der Waals surface area contributed by atoms with E-state index >= 15 is 0 Å². The van der Waals surface area contributed by atoms with Crippen LogP contribution >= 0.6 is 0 Å². The molecular formula is C33H42O9. The van der Waals surface area contributed by atoms with Crippen LogP contribution in [0.3, 0.4) is 0 Å². The third-order valence-corrected chi connectivity index (χ3v) is 9.35. The predicted molar refractivity (Wildman–Crippen MR) is 151 cm³/mol. The molecule has 228 valence electrons. The second-order valence-electron chi connectivity index (χ2n) is 12.2. The molecule has 9 heteroatoms. The normalized spacial score (nSPS) is 39.6. The molecule has 2 aromatic carbocycles. The third kappa shape index (κ3) is 6.25. The zero-order chi connectivity index (χ0) is 28.5. The molecule has 5 heterocycles. The Hall–Kier alpha value is -2.08. The molecule has 0 amide bonds. The van der Waals surface area contributed by atoms with Gasteiger partial charge in [0.15, 0.2) is 6.29 Å². The fourth-order valence-electron chi connectivity index (χ4n) is 7.12. The minimum Gasteiger partial charge on any atom is -0.497 e. The van der Waals surface area contributed by atoms with Crippen molar-refractivity contribution >= 4 is 0 Å². The lowest BCUT2D eigenvalue weighted by atomic mass is 9.92. The lowest BCUT2D eigenvalue weighted by molar-refractivity contribution is -0.281. The Labute approximate surface area is 247 Å². The van der Waals surface area contributed by atoms with E-state index in [1.54, 1.807) is 7.11 Å². The molecular weight excluding hydrogens is 540 g/mol. The molecule has 0 spiro atoms. The molecule has 5 aliphatic heterocycles. The van der Waals surface area contributed by atoms with Crippen LogP contribution in [-0.2, 0) is 39.8 Å². The SMILES string of the molecule is COc1ccc([C@@H]2OC[C@H]3O[C@H]4C[C@H]5O[C@H]6C[C@H](CCOCc7ccccc7)O[C@@H]6C[C@H](O)[C@@H]5O[C@@H]4CC[C@@H]3O2)cc1. The molecule has 5 saturated heterocycles. The third-order valence-electron chi connectivity index (χ3n) is 9.35. The quantitative estimate of drug-likeness (QED) is 0.485. The number of aliphatic hydroxyl groups excluding tert-OH is 1. The Bertz CT molecular complexity index is 1150. The van der Waals surface area contributed by atoms with Crippen molar-refractivity contribution in [3.05, 3.63) is 65.7 Å². The van der Waals surface area contributed by atoms with E-state index in [1.165, 1.54) is 5.56 Å². The van der Waals surface area contributed by atoms with Gasteiger partial charge in [-0.25, -0.2) is 0 Å². The molecule has 0 unspecified atom stereocenters. The minimum absolute atomic E-state index is 0.0573. The Balaban J connectivity index is 0.931. The van der Waals surface area contributed by atoms with Crippen LogP contribution in [0.2, 0.25) is 0 Å². The predicted octanol–water partition coefficient (Wildman–Crippen LogP) is 4.10. The number of rotatable bonds is 7. The van der Waals surface area contributed by atoms with Crippen molar-refractivity contribution in [1.82, 2.24) is 0 Å². The molecule has 1 N–H and O–H groups in total. The highest BCUT2D eigenvalue weighted by Gasteiger charge is 2.52. The molecule has 2 aromatic rings. The lowest BCUT2D eigenvalue weighted by Crippen LogP contribution is -2.53. The fourth-order valence-corrected chi connectivity index (χ4v) is 7.12. The van der Waals surface area contributed by atoms with Crippen molar-refractivity contribution in [1.29, 1.82) is 0 Å². The summed E-state index contributed by atoms with van der Waals surface area (Å²) in [6, 6.07) is 18.0. The maximum Gasteiger partial charge on any atom is 0.184 e. The van der Waals surface area contributed by atoms with Crippen LogP contribution in [0.4, 0.5) is 0 Å². The second kappa shape index (κ2) is 12.9. The van der Waals surface area contributed by atoms with Gasteiger partial charge in [0.2, 0.25) is 0 Å². The fraction of sp³-hybridized carbons (Fsp3) is 0.636. The van der Waals surface area contributed by atoms with E-state index in [1.807, 2.05) is 42.5 Å². The first-order valence-corrected chi connectivity index (χ1v) is 15.5. The van der Waals surface area contributed by atoms with Crippen LogP contribution in [0.25, 0.3) is 0 Å². The number of benzene rings is 2. The van der Waals surface area contributed by atoms with E-state index in [2.05, 4.69) is 12.1 Å². The average Bonchev–Trinajstić information content (AvgIpc) is 3.22. The highest BCUT2D eigenvalue weighted by Crippen LogP contribution is 2.42. The summed E-state index contributed by atoms with van der Waals surface area (Å²) in [7, 11) is 1.65. The second-order valence-corrected chi connectivity index (χ2v) is 12.2. The highest BCUT2D eigenvalue weighted by molar-refractivity contribution is 5.28. The monoisotopic (exact) mass is 582 g/mol. The first-order chi connectivity index (χ1) is 20.6. The Morgan fingerprint density at radius 2 is 1.48 bits per heavy atom.